The van der Waals surface area contributed by atoms with E-state index in [1.165, 1.54) is 14.7 Å². The molecule has 152 valence electrons. The Morgan fingerprint density at radius 2 is 2.11 bits per heavy atom. The third-order valence-corrected chi connectivity index (χ3v) is 5.49. The van der Waals surface area contributed by atoms with E-state index in [9.17, 15) is 9.59 Å². The van der Waals surface area contributed by atoms with E-state index >= 15 is 0 Å². The summed E-state index contributed by atoms with van der Waals surface area (Å²) < 4.78 is 7.98. The van der Waals surface area contributed by atoms with Gasteiger partial charge in [0.2, 0.25) is 0 Å². The molecule has 1 atom stereocenters. The molecule has 0 spiro atoms. The molecule has 3 rings (SSSR count). The van der Waals surface area contributed by atoms with Gasteiger partial charge in [-0.2, -0.15) is 0 Å². The Morgan fingerprint density at radius 3 is 2.82 bits per heavy atom. The van der Waals surface area contributed by atoms with Gasteiger partial charge in [-0.25, -0.2) is 4.79 Å². The van der Waals surface area contributed by atoms with Crippen molar-refractivity contribution >= 4 is 0 Å². The molecule has 1 aromatic carbocycles. The number of aromatic nitrogens is 2. The molecule has 2 aromatic rings. The van der Waals surface area contributed by atoms with Crippen LogP contribution in [-0.4, -0.2) is 46.8 Å². The minimum absolute atomic E-state index is 0.202. The Balaban J connectivity index is 1.71. The third kappa shape index (κ3) is 4.72. The van der Waals surface area contributed by atoms with Gasteiger partial charge < -0.3 is 14.6 Å². The van der Waals surface area contributed by atoms with Gasteiger partial charge in [0.1, 0.15) is 5.75 Å². The maximum absolute atomic E-state index is 12.6. The molecule has 0 unspecified atom stereocenters. The maximum atomic E-state index is 12.6. The van der Waals surface area contributed by atoms with Crippen LogP contribution in [0.2, 0.25) is 0 Å². The van der Waals surface area contributed by atoms with Crippen molar-refractivity contribution in [3.05, 3.63) is 62.4 Å². The lowest BCUT2D eigenvalue weighted by Crippen LogP contribution is -2.43. The first kappa shape index (κ1) is 20.4. The van der Waals surface area contributed by atoms with Crippen molar-refractivity contribution in [2.24, 2.45) is 14.1 Å². The lowest BCUT2D eigenvalue weighted by Gasteiger charge is -2.28. The fraction of sp³-hybridized carbons (Fsp3) is 0.524. The van der Waals surface area contributed by atoms with Crippen LogP contribution in [0.5, 0.6) is 5.75 Å². The van der Waals surface area contributed by atoms with Crippen molar-refractivity contribution in [1.29, 1.82) is 0 Å². The molecule has 0 saturated carbocycles. The lowest BCUT2D eigenvalue weighted by molar-refractivity contribution is 0.195. The van der Waals surface area contributed by atoms with E-state index in [1.807, 2.05) is 12.1 Å². The van der Waals surface area contributed by atoms with E-state index in [-0.39, 0.29) is 11.2 Å². The second-order valence-electron chi connectivity index (χ2n) is 7.48. The van der Waals surface area contributed by atoms with Crippen molar-refractivity contribution < 1.29 is 4.74 Å². The zero-order valence-corrected chi connectivity index (χ0v) is 17.0. The fourth-order valence-electron chi connectivity index (χ4n) is 3.87. The molecular formula is C21H30N4O3. The number of rotatable bonds is 8. The van der Waals surface area contributed by atoms with Crippen LogP contribution in [0.1, 0.15) is 24.0 Å². The van der Waals surface area contributed by atoms with Crippen LogP contribution >= 0.6 is 0 Å². The van der Waals surface area contributed by atoms with Crippen molar-refractivity contribution in [3.63, 3.8) is 0 Å². The second kappa shape index (κ2) is 9.21. The summed E-state index contributed by atoms with van der Waals surface area (Å²) in [6, 6.07) is 8.57. The number of nitrogens with zero attached hydrogens (tertiary/aromatic N) is 3. The van der Waals surface area contributed by atoms with E-state index in [2.05, 4.69) is 22.3 Å². The highest BCUT2D eigenvalue weighted by Gasteiger charge is 2.23. The molecule has 1 aliphatic heterocycles. The van der Waals surface area contributed by atoms with Crippen molar-refractivity contribution in [2.45, 2.75) is 31.8 Å². The van der Waals surface area contributed by atoms with Gasteiger partial charge in [0, 0.05) is 45.0 Å². The van der Waals surface area contributed by atoms with Crippen LogP contribution < -0.4 is 21.3 Å². The Labute approximate surface area is 165 Å². The molecule has 28 heavy (non-hydrogen) atoms. The van der Waals surface area contributed by atoms with Crippen LogP contribution in [0, 0.1) is 0 Å². The highest BCUT2D eigenvalue weighted by Crippen LogP contribution is 2.16. The maximum Gasteiger partial charge on any atom is 0.330 e. The van der Waals surface area contributed by atoms with Gasteiger partial charge >= 0.3 is 5.69 Å². The average Bonchev–Trinajstić information content (AvgIpc) is 3.24. The van der Waals surface area contributed by atoms with Crippen LogP contribution in [0.4, 0.5) is 0 Å². The summed E-state index contributed by atoms with van der Waals surface area (Å²) in [5.74, 6) is 0.878. The number of ether oxygens (including phenoxy) is 1. The average molecular weight is 386 g/mol. The molecular weight excluding hydrogens is 356 g/mol. The molecule has 0 bridgehead atoms. The van der Waals surface area contributed by atoms with E-state index < -0.39 is 0 Å². The van der Waals surface area contributed by atoms with Gasteiger partial charge in [0.15, 0.2) is 0 Å². The summed E-state index contributed by atoms with van der Waals surface area (Å²) in [4.78, 5) is 26.9. The van der Waals surface area contributed by atoms with Crippen molar-refractivity contribution in [1.82, 2.24) is 19.4 Å². The fourth-order valence-corrected chi connectivity index (χ4v) is 3.87. The first-order valence-electron chi connectivity index (χ1n) is 9.83. The standard InChI is InChI=1S/C21H30N4O3/c1-23-14-17(20(26)24(2)21(23)27)15-25(18-9-10-22-13-18)11-5-7-16-6-4-8-19(12-16)28-3/h4,6,8,12,14,18,22H,5,7,9-11,13,15H2,1-3H3/t18-/m1/s1. The van der Waals surface area contributed by atoms with Gasteiger partial charge in [-0.05, 0) is 50.0 Å². The second-order valence-corrected chi connectivity index (χ2v) is 7.48. The Hall–Kier alpha value is -2.38. The minimum atomic E-state index is -0.291. The number of aryl methyl sites for hydroxylation is 2. The molecule has 0 radical (unpaired) electrons. The predicted molar refractivity (Wildman–Crippen MR) is 110 cm³/mol. The molecule has 0 aliphatic carbocycles. The highest BCUT2D eigenvalue weighted by molar-refractivity contribution is 5.28. The molecule has 1 N–H and O–H groups in total. The quantitative estimate of drug-likeness (QED) is 0.730. The molecule has 7 heteroatoms. The highest BCUT2D eigenvalue weighted by atomic mass is 16.5. The number of hydrogen-bond acceptors (Lipinski definition) is 5. The first-order valence-corrected chi connectivity index (χ1v) is 9.83. The minimum Gasteiger partial charge on any atom is -0.497 e. The van der Waals surface area contributed by atoms with Crippen molar-refractivity contribution in [2.75, 3.05) is 26.7 Å². The molecule has 1 saturated heterocycles. The van der Waals surface area contributed by atoms with E-state index in [1.54, 1.807) is 27.4 Å². The molecule has 1 aliphatic rings. The lowest BCUT2D eigenvalue weighted by atomic mass is 10.1. The van der Waals surface area contributed by atoms with Crippen LogP contribution in [0.25, 0.3) is 0 Å². The third-order valence-electron chi connectivity index (χ3n) is 5.49. The molecule has 1 fully saturated rings. The summed E-state index contributed by atoms with van der Waals surface area (Å²) in [5, 5.41) is 3.41. The molecule has 0 amide bonds. The van der Waals surface area contributed by atoms with Crippen molar-refractivity contribution in [3.8, 4) is 5.75 Å². The smallest absolute Gasteiger partial charge is 0.330 e. The van der Waals surface area contributed by atoms with E-state index in [4.69, 9.17) is 4.74 Å². The normalized spacial score (nSPS) is 16.6. The summed E-state index contributed by atoms with van der Waals surface area (Å²) >= 11 is 0. The van der Waals surface area contributed by atoms with Crippen LogP contribution in [0.3, 0.4) is 0 Å². The van der Waals surface area contributed by atoms with E-state index in [0.29, 0.717) is 18.2 Å². The number of nitrogens with one attached hydrogen (secondary N) is 1. The molecule has 7 nitrogen and oxygen atoms in total. The Kier molecular flexibility index (Phi) is 6.70. The Bertz CT molecular complexity index is 913. The largest absolute Gasteiger partial charge is 0.497 e. The monoisotopic (exact) mass is 386 g/mol. The van der Waals surface area contributed by atoms with Gasteiger partial charge in [-0.1, -0.05) is 12.1 Å². The predicted octanol–water partition coefficient (Wildman–Crippen LogP) is 0.889. The summed E-state index contributed by atoms with van der Waals surface area (Å²) in [6.45, 7) is 3.40. The number of benzene rings is 1. The summed E-state index contributed by atoms with van der Waals surface area (Å²) in [5.41, 5.74) is 1.42. The van der Waals surface area contributed by atoms with Crippen LogP contribution in [0.15, 0.2) is 40.1 Å². The van der Waals surface area contributed by atoms with Gasteiger partial charge in [-0.3, -0.25) is 14.3 Å². The first-order chi connectivity index (χ1) is 13.5. The van der Waals surface area contributed by atoms with E-state index in [0.717, 1.165) is 44.6 Å². The zero-order valence-electron chi connectivity index (χ0n) is 17.0. The SMILES string of the molecule is COc1cccc(CCCN(Cc2cn(C)c(=O)n(C)c2=O)[C@@H]2CCNC2)c1. The molecule has 1 aromatic heterocycles. The topological polar surface area (TPSA) is 68.5 Å². The number of methoxy groups -OCH3 is 1. The Morgan fingerprint density at radius 1 is 1.29 bits per heavy atom. The number of hydrogen-bond donors (Lipinski definition) is 1. The van der Waals surface area contributed by atoms with Crippen LogP contribution in [-0.2, 0) is 27.1 Å². The zero-order chi connectivity index (χ0) is 20.1. The van der Waals surface area contributed by atoms with Gasteiger partial charge in [0.05, 0.1) is 7.11 Å². The molecule has 2 heterocycles. The summed E-state index contributed by atoms with van der Waals surface area (Å²) in [7, 11) is 4.91. The van der Waals surface area contributed by atoms with Gasteiger partial charge in [0.25, 0.3) is 5.56 Å². The van der Waals surface area contributed by atoms with Gasteiger partial charge in [-0.15, -0.1) is 0 Å². The summed E-state index contributed by atoms with van der Waals surface area (Å²) in [6.07, 6.45) is 4.71.